The summed E-state index contributed by atoms with van der Waals surface area (Å²) in [6, 6.07) is 0. The molecule has 1 heterocycles. The molecule has 0 amide bonds. The van der Waals surface area contributed by atoms with E-state index in [0.717, 1.165) is 5.82 Å². The van der Waals surface area contributed by atoms with Gasteiger partial charge in [-0.25, -0.2) is 0 Å². The van der Waals surface area contributed by atoms with Gasteiger partial charge in [-0.1, -0.05) is 0 Å². The molecule has 0 aromatic carbocycles. The van der Waals surface area contributed by atoms with Crippen LogP contribution in [0.5, 0.6) is 0 Å². The molecule has 47 valence electrons. The van der Waals surface area contributed by atoms with Gasteiger partial charge >= 0.3 is 71.0 Å². The van der Waals surface area contributed by atoms with Crippen molar-refractivity contribution < 1.29 is 0 Å². The third-order valence-electron chi connectivity index (χ3n) is 1.50. The second kappa shape index (κ2) is 2.81. The fourth-order valence-electron chi connectivity index (χ4n) is 0.713. The monoisotopic (exact) mass is 317 g/mol. The summed E-state index contributed by atoms with van der Waals surface area (Å²) in [5, 5.41) is 0. The summed E-state index contributed by atoms with van der Waals surface area (Å²) in [6.07, 6.45) is 1.96. The SMILES string of the molecule is Cc1ncc([CH2][Pb])n1C. The molecule has 0 saturated heterocycles. The molecule has 1 aromatic heterocycles. The topological polar surface area (TPSA) is 17.8 Å². The first-order chi connectivity index (χ1) is 4.25. The molecule has 0 unspecified atom stereocenters. The van der Waals surface area contributed by atoms with Crippen LogP contribution in [0.4, 0.5) is 0 Å². The van der Waals surface area contributed by atoms with Gasteiger partial charge in [0.2, 0.25) is 0 Å². The molecule has 0 N–H and O–H groups in total. The Labute approximate surface area is 71.0 Å². The van der Waals surface area contributed by atoms with Crippen LogP contribution in [0.1, 0.15) is 11.5 Å². The van der Waals surface area contributed by atoms with E-state index in [1.165, 1.54) is 35.4 Å². The van der Waals surface area contributed by atoms with Crippen LogP contribution in [0.25, 0.3) is 0 Å². The minimum atomic E-state index is 1.11. The molecule has 0 bridgehead atoms. The minimum absolute atomic E-state index is 1.11. The van der Waals surface area contributed by atoms with E-state index in [4.69, 9.17) is 0 Å². The summed E-state index contributed by atoms with van der Waals surface area (Å²) in [7, 11) is 2.07. The molecule has 1 aromatic rings. The number of aryl methyl sites for hydroxylation is 1. The third kappa shape index (κ3) is 1.34. The van der Waals surface area contributed by atoms with E-state index < -0.39 is 0 Å². The van der Waals surface area contributed by atoms with Gasteiger partial charge in [-0.05, 0) is 0 Å². The molecular formula is C6H9N2Pb. The van der Waals surface area contributed by atoms with Gasteiger partial charge in [0, 0.05) is 0 Å². The molecule has 9 heavy (non-hydrogen) atoms. The molecule has 0 aliphatic carbocycles. The predicted octanol–water partition coefficient (Wildman–Crippen LogP) is 0.397. The average molecular weight is 316 g/mol. The van der Waals surface area contributed by atoms with Crippen molar-refractivity contribution >= 4 is 25.8 Å². The fraction of sp³-hybridized carbons (Fsp3) is 0.500. The number of rotatable bonds is 1. The van der Waals surface area contributed by atoms with Crippen LogP contribution < -0.4 is 0 Å². The summed E-state index contributed by atoms with van der Waals surface area (Å²) in [5.74, 6) is 1.11. The van der Waals surface area contributed by atoms with Gasteiger partial charge in [-0.15, -0.1) is 0 Å². The summed E-state index contributed by atoms with van der Waals surface area (Å²) < 4.78 is 3.35. The van der Waals surface area contributed by atoms with Crippen molar-refractivity contribution in [2.24, 2.45) is 7.05 Å². The van der Waals surface area contributed by atoms with Crippen molar-refractivity contribution in [1.29, 1.82) is 0 Å². The van der Waals surface area contributed by atoms with Gasteiger partial charge in [-0.2, -0.15) is 0 Å². The van der Waals surface area contributed by atoms with Crippen molar-refractivity contribution in [3.63, 3.8) is 0 Å². The van der Waals surface area contributed by atoms with E-state index in [1.807, 2.05) is 13.1 Å². The van der Waals surface area contributed by atoms with Gasteiger partial charge in [-0.3, -0.25) is 0 Å². The van der Waals surface area contributed by atoms with Gasteiger partial charge in [0.05, 0.1) is 0 Å². The number of imidazole rings is 1. The number of nitrogens with zero attached hydrogens (tertiary/aromatic N) is 2. The summed E-state index contributed by atoms with van der Waals surface area (Å²) in [5.41, 5.74) is 1.36. The van der Waals surface area contributed by atoms with Crippen molar-refractivity contribution in [3.8, 4) is 0 Å². The maximum absolute atomic E-state index is 4.17. The Balaban J connectivity index is 3.04. The van der Waals surface area contributed by atoms with E-state index in [-0.39, 0.29) is 0 Å². The van der Waals surface area contributed by atoms with Gasteiger partial charge in [0.25, 0.3) is 0 Å². The Bertz CT molecular complexity index is 205. The van der Waals surface area contributed by atoms with Crippen LogP contribution in [-0.2, 0) is 11.0 Å². The molecule has 0 fully saturated rings. The maximum atomic E-state index is 4.17. The van der Waals surface area contributed by atoms with Crippen molar-refractivity contribution in [2.75, 3.05) is 0 Å². The molecule has 1 rings (SSSR count). The second-order valence-electron chi connectivity index (χ2n) is 2.03. The van der Waals surface area contributed by atoms with Crippen LogP contribution in [-0.4, -0.2) is 35.3 Å². The Morgan fingerprint density at radius 2 is 2.44 bits per heavy atom. The Morgan fingerprint density at radius 3 is 2.67 bits per heavy atom. The number of aromatic nitrogens is 2. The molecule has 0 atom stereocenters. The Kier molecular flexibility index (Phi) is 2.26. The Morgan fingerprint density at radius 1 is 1.78 bits per heavy atom. The zero-order chi connectivity index (χ0) is 6.85. The first-order valence-corrected chi connectivity index (χ1v) is 5.62. The summed E-state index contributed by atoms with van der Waals surface area (Å²) >= 11 is 1.23. The van der Waals surface area contributed by atoms with E-state index in [2.05, 4.69) is 16.6 Å². The van der Waals surface area contributed by atoms with E-state index in [9.17, 15) is 0 Å². The molecule has 0 saturated carbocycles. The molecule has 0 spiro atoms. The predicted molar refractivity (Wildman–Crippen MR) is 37.4 cm³/mol. The van der Waals surface area contributed by atoms with E-state index in [0.29, 0.717) is 0 Å². The normalized spacial score (nSPS) is 10.1. The molecule has 0 aliphatic heterocycles. The fourth-order valence-corrected chi connectivity index (χ4v) is 1.99. The molecule has 0 aliphatic rings. The first-order valence-electron chi connectivity index (χ1n) is 2.87. The third-order valence-corrected chi connectivity index (χ3v) is 2.91. The van der Waals surface area contributed by atoms with E-state index in [1.54, 1.807) is 0 Å². The standard InChI is InChI=1S/C6H9N2.Pb/c1-5-4-7-6(2)8(5)3;/h4H,1H2,2-3H3;. The first kappa shape index (κ1) is 7.24. The van der Waals surface area contributed by atoms with Crippen LogP contribution >= 0.6 is 0 Å². The van der Waals surface area contributed by atoms with Crippen molar-refractivity contribution in [2.45, 2.75) is 10.9 Å². The van der Waals surface area contributed by atoms with Gasteiger partial charge in [0.1, 0.15) is 0 Å². The molecule has 3 radical (unpaired) electrons. The van der Waals surface area contributed by atoms with Crippen LogP contribution in [0.3, 0.4) is 0 Å². The zero-order valence-corrected chi connectivity index (χ0v) is 9.57. The second-order valence-corrected chi connectivity index (χ2v) is 3.41. The molecule has 2 nitrogen and oxygen atoms in total. The molecular weight excluding hydrogens is 307 g/mol. The van der Waals surface area contributed by atoms with Gasteiger partial charge < -0.3 is 0 Å². The number of hydrogen-bond acceptors (Lipinski definition) is 1. The van der Waals surface area contributed by atoms with Crippen LogP contribution in [0, 0.1) is 6.92 Å². The average Bonchev–Trinajstić information content (AvgIpc) is 2.15. The quantitative estimate of drug-likeness (QED) is 0.686. The van der Waals surface area contributed by atoms with E-state index >= 15 is 0 Å². The number of hydrogen-bond donors (Lipinski definition) is 0. The summed E-state index contributed by atoms with van der Waals surface area (Å²) in [4.78, 5) is 4.17. The van der Waals surface area contributed by atoms with Gasteiger partial charge in [0.15, 0.2) is 0 Å². The van der Waals surface area contributed by atoms with Crippen molar-refractivity contribution in [3.05, 3.63) is 17.7 Å². The molecule has 3 heteroatoms. The Hall–Kier alpha value is 0.132. The summed E-state index contributed by atoms with van der Waals surface area (Å²) in [6.45, 7) is 2.03. The zero-order valence-electron chi connectivity index (χ0n) is 5.68. The van der Waals surface area contributed by atoms with Crippen molar-refractivity contribution in [1.82, 2.24) is 9.55 Å². The van der Waals surface area contributed by atoms with Crippen LogP contribution in [0.15, 0.2) is 6.20 Å². The van der Waals surface area contributed by atoms with Crippen LogP contribution in [0.2, 0.25) is 0 Å².